The second-order valence-electron chi connectivity index (χ2n) is 3.03. The van der Waals surface area contributed by atoms with Crippen molar-refractivity contribution in [1.29, 1.82) is 0 Å². The molecule has 0 aromatic rings. The fourth-order valence-corrected chi connectivity index (χ4v) is 0.899. The minimum absolute atomic E-state index is 0.150. The molecule has 0 aliphatic heterocycles. The van der Waals surface area contributed by atoms with E-state index in [-0.39, 0.29) is 6.61 Å². The standard InChI is InChI=1S/C9H21BO6/c1-2-3-13-4-5-14-6-7-15-8-9-16-10(11)12/h11-12H,2-9H2,1H3. The van der Waals surface area contributed by atoms with Gasteiger partial charge in [0.2, 0.25) is 0 Å². The molecule has 0 saturated carbocycles. The second kappa shape index (κ2) is 12.9. The molecule has 0 atom stereocenters. The predicted molar refractivity (Wildman–Crippen MR) is 58.9 cm³/mol. The maximum absolute atomic E-state index is 8.34. The van der Waals surface area contributed by atoms with E-state index in [1.165, 1.54) is 0 Å². The van der Waals surface area contributed by atoms with Crippen LogP contribution in [0.25, 0.3) is 0 Å². The Bertz CT molecular complexity index is 135. The molecule has 0 radical (unpaired) electrons. The molecule has 0 aliphatic rings. The zero-order valence-electron chi connectivity index (χ0n) is 9.76. The summed E-state index contributed by atoms with van der Waals surface area (Å²) in [5.41, 5.74) is 0. The van der Waals surface area contributed by atoms with Gasteiger partial charge in [-0.1, -0.05) is 6.92 Å². The lowest BCUT2D eigenvalue weighted by Gasteiger charge is -2.06. The smallest absolute Gasteiger partial charge is 0.402 e. The first-order valence-electron chi connectivity index (χ1n) is 5.48. The average molecular weight is 236 g/mol. The highest BCUT2D eigenvalue weighted by atomic mass is 16.6. The molecule has 0 spiro atoms. The van der Waals surface area contributed by atoms with E-state index in [2.05, 4.69) is 11.6 Å². The minimum Gasteiger partial charge on any atom is -0.402 e. The summed E-state index contributed by atoms with van der Waals surface area (Å²) >= 11 is 0. The third-order valence-corrected chi connectivity index (χ3v) is 1.59. The average Bonchev–Trinajstić information content (AvgIpc) is 2.25. The van der Waals surface area contributed by atoms with Crippen LogP contribution < -0.4 is 0 Å². The second-order valence-corrected chi connectivity index (χ2v) is 3.03. The highest BCUT2D eigenvalue weighted by Gasteiger charge is 2.06. The van der Waals surface area contributed by atoms with Gasteiger partial charge in [-0.3, -0.25) is 0 Å². The summed E-state index contributed by atoms with van der Waals surface area (Å²) in [7, 11) is -1.73. The number of hydrogen-bond acceptors (Lipinski definition) is 6. The molecule has 0 bridgehead atoms. The normalized spacial score (nSPS) is 10.7. The van der Waals surface area contributed by atoms with Crippen LogP contribution in [0.15, 0.2) is 0 Å². The van der Waals surface area contributed by atoms with E-state index in [0.29, 0.717) is 33.0 Å². The Morgan fingerprint density at radius 3 is 1.62 bits per heavy atom. The third kappa shape index (κ3) is 13.8. The van der Waals surface area contributed by atoms with Gasteiger partial charge in [-0.25, -0.2) is 0 Å². The van der Waals surface area contributed by atoms with Gasteiger partial charge >= 0.3 is 7.32 Å². The molecule has 0 unspecified atom stereocenters. The molecular weight excluding hydrogens is 215 g/mol. The fourth-order valence-electron chi connectivity index (χ4n) is 0.899. The molecule has 7 heteroatoms. The molecule has 6 nitrogen and oxygen atoms in total. The zero-order valence-corrected chi connectivity index (χ0v) is 9.76. The number of hydrogen-bond donors (Lipinski definition) is 2. The van der Waals surface area contributed by atoms with Crippen LogP contribution in [-0.4, -0.2) is 63.6 Å². The molecule has 0 saturated heterocycles. The molecule has 2 N–H and O–H groups in total. The first kappa shape index (κ1) is 15.8. The van der Waals surface area contributed by atoms with Crippen molar-refractivity contribution in [2.75, 3.05) is 46.2 Å². The molecule has 0 aliphatic carbocycles. The molecule has 0 heterocycles. The zero-order chi connectivity index (χ0) is 12.1. The highest BCUT2D eigenvalue weighted by molar-refractivity contribution is 6.32. The summed E-state index contributed by atoms with van der Waals surface area (Å²) < 4.78 is 20.0. The summed E-state index contributed by atoms with van der Waals surface area (Å²) in [5.74, 6) is 0. The summed E-state index contributed by atoms with van der Waals surface area (Å²) in [5, 5.41) is 16.7. The quantitative estimate of drug-likeness (QED) is 0.349. The van der Waals surface area contributed by atoms with Gasteiger partial charge in [0.25, 0.3) is 0 Å². The minimum atomic E-state index is -1.73. The lowest BCUT2D eigenvalue weighted by Crippen LogP contribution is -2.20. The summed E-state index contributed by atoms with van der Waals surface area (Å²) in [6.45, 7) is 5.41. The van der Waals surface area contributed by atoms with Crippen molar-refractivity contribution in [2.45, 2.75) is 13.3 Å². The predicted octanol–water partition coefficient (Wildman–Crippen LogP) is -0.568. The molecule has 0 fully saturated rings. The van der Waals surface area contributed by atoms with E-state index in [9.17, 15) is 0 Å². The van der Waals surface area contributed by atoms with Crippen molar-refractivity contribution in [3.8, 4) is 0 Å². The monoisotopic (exact) mass is 236 g/mol. The molecule has 0 amide bonds. The van der Waals surface area contributed by atoms with Crippen molar-refractivity contribution in [3.05, 3.63) is 0 Å². The fraction of sp³-hybridized carbons (Fsp3) is 1.00. The van der Waals surface area contributed by atoms with Crippen LogP contribution in [0.2, 0.25) is 0 Å². The molecule has 16 heavy (non-hydrogen) atoms. The van der Waals surface area contributed by atoms with E-state index in [4.69, 9.17) is 24.3 Å². The Morgan fingerprint density at radius 2 is 1.19 bits per heavy atom. The number of ether oxygens (including phenoxy) is 3. The summed E-state index contributed by atoms with van der Waals surface area (Å²) in [4.78, 5) is 0. The van der Waals surface area contributed by atoms with Crippen LogP contribution in [0.1, 0.15) is 13.3 Å². The van der Waals surface area contributed by atoms with Crippen LogP contribution >= 0.6 is 0 Å². The van der Waals surface area contributed by atoms with Gasteiger partial charge in [0.15, 0.2) is 0 Å². The SMILES string of the molecule is CCCOCCOCCOCCOB(O)O. The topological polar surface area (TPSA) is 77.4 Å². The van der Waals surface area contributed by atoms with Gasteiger partial charge in [-0.2, -0.15) is 0 Å². The van der Waals surface area contributed by atoms with E-state index in [0.717, 1.165) is 13.0 Å². The van der Waals surface area contributed by atoms with Crippen LogP contribution in [-0.2, 0) is 18.9 Å². The Labute approximate surface area is 96.6 Å². The van der Waals surface area contributed by atoms with Gasteiger partial charge in [-0.15, -0.1) is 0 Å². The van der Waals surface area contributed by atoms with E-state index in [1.807, 2.05) is 0 Å². The van der Waals surface area contributed by atoms with Crippen molar-refractivity contribution >= 4 is 7.32 Å². The van der Waals surface area contributed by atoms with Gasteiger partial charge in [0.1, 0.15) is 0 Å². The highest BCUT2D eigenvalue weighted by Crippen LogP contribution is 1.84. The van der Waals surface area contributed by atoms with Crippen LogP contribution in [0.4, 0.5) is 0 Å². The first-order chi connectivity index (χ1) is 7.77. The molecular formula is C9H21BO6. The van der Waals surface area contributed by atoms with Crippen LogP contribution in [0.3, 0.4) is 0 Å². The third-order valence-electron chi connectivity index (χ3n) is 1.59. The Balaban J connectivity index is 2.88. The van der Waals surface area contributed by atoms with E-state index in [1.54, 1.807) is 0 Å². The Kier molecular flexibility index (Phi) is 12.8. The maximum Gasteiger partial charge on any atom is 0.633 e. The van der Waals surface area contributed by atoms with Gasteiger partial charge < -0.3 is 28.9 Å². The molecule has 0 rings (SSSR count). The van der Waals surface area contributed by atoms with Crippen LogP contribution in [0.5, 0.6) is 0 Å². The maximum atomic E-state index is 8.34. The van der Waals surface area contributed by atoms with Gasteiger partial charge in [0.05, 0.1) is 39.6 Å². The number of rotatable bonds is 12. The molecule has 96 valence electrons. The first-order valence-corrected chi connectivity index (χ1v) is 5.48. The summed E-state index contributed by atoms with van der Waals surface area (Å²) in [6, 6.07) is 0. The largest absolute Gasteiger partial charge is 0.633 e. The van der Waals surface area contributed by atoms with Crippen LogP contribution in [0, 0.1) is 0 Å². The van der Waals surface area contributed by atoms with Crippen molar-refractivity contribution in [2.24, 2.45) is 0 Å². The molecule has 0 aromatic carbocycles. The molecule has 0 aromatic heterocycles. The van der Waals surface area contributed by atoms with E-state index < -0.39 is 7.32 Å². The Morgan fingerprint density at radius 1 is 0.750 bits per heavy atom. The van der Waals surface area contributed by atoms with E-state index >= 15 is 0 Å². The van der Waals surface area contributed by atoms with Gasteiger partial charge in [0, 0.05) is 6.61 Å². The Hall–Kier alpha value is -0.175. The summed E-state index contributed by atoms with van der Waals surface area (Å²) in [6.07, 6.45) is 1.01. The van der Waals surface area contributed by atoms with Crippen molar-refractivity contribution in [3.63, 3.8) is 0 Å². The lowest BCUT2D eigenvalue weighted by atomic mass is 10.3. The lowest BCUT2D eigenvalue weighted by molar-refractivity contribution is 0.00650. The van der Waals surface area contributed by atoms with Crippen molar-refractivity contribution < 1.29 is 28.9 Å². The van der Waals surface area contributed by atoms with Gasteiger partial charge in [-0.05, 0) is 6.42 Å². The van der Waals surface area contributed by atoms with Crippen molar-refractivity contribution in [1.82, 2.24) is 0 Å².